The minimum Gasteiger partial charge on any atom is -0.493 e. The third-order valence-electron chi connectivity index (χ3n) is 4.17. The van der Waals surface area contributed by atoms with Crippen LogP contribution in [0.2, 0.25) is 5.02 Å². The SMILES string of the molecule is COc1cc(C)c(NC(=O)[C@H](c2ccc(Cl)cc2)C(C)C)cc1OC. The average Bonchev–Trinajstić information content (AvgIpc) is 2.57. The van der Waals surface area contributed by atoms with E-state index in [0.717, 1.165) is 11.1 Å². The zero-order valence-corrected chi connectivity index (χ0v) is 16.0. The summed E-state index contributed by atoms with van der Waals surface area (Å²) in [4.78, 5) is 12.9. The van der Waals surface area contributed by atoms with Crippen molar-refractivity contribution in [2.24, 2.45) is 5.92 Å². The topological polar surface area (TPSA) is 47.6 Å². The van der Waals surface area contributed by atoms with Gasteiger partial charge in [0.15, 0.2) is 11.5 Å². The lowest BCUT2D eigenvalue weighted by molar-refractivity contribution is -0.118. The van der Waals surface area contributed by atoms with Gasteiger partial charge in [0.05, 0.1) is 20.1 Å². The van der Waals surface area contributed by atoms with E-state index in [1.165, 1.54) is 0 Å². The second-order valence-corrected chi connectivity index (χ2v) is 6.72. The quantitative estimate of drug-likeness (QED) is 0.783. The van der Waals surface area contributed by atoms with Crippen LogP contribution in [0.5, 0.6) is 11.5 Å². The number of nitrogens with one attached hydrogen (secondary N) is 1. The number of hydrogen-bond acceptors (Lipinski definition) is 3. The van der Waals surface area contributed by atoms with Gasteiger partial charge in [0.2, 0.25) is 5.91 Å². The van der Waals surface area contributed by atoms with Gasteiger partial charge in [0.1, 0.15) is 0 Å². The summed E-state index contributed by atoms with van der Waals surface area (Å²) in [6.45, 7) is 5.98. The van der Waals surface area contributed by atoms with Gasteiger partial charge in [-0.3, -0.25) is 4.79 Å². The molecule has 0 heterocycles. The first-order valence-electron chi connectivity index (χ1n) is 8.16. The minimum atomic E-state index is -0.273. The van der Waals surface area contributed by atoms with Gasteiger partial charge in [-0.25, -0.2) is 0 Å². The highest BCUT2D eigenvalue weighted by Gasteiger charge is 2.25. The highest BCUT2D eigenvalue weighted by molar-refractivity contribution is 6.30. The Morgan fingerprint density at radius 1 is 1.04 bits per heavy atom. The van der Waals surface area contributed by atoms with Gasteiger partial charge < -0.3 is 14.8 Å². The number of hydrogen-bond donors (Lipinski definition) is 1. The number of methoxy groups -OCH3 is 2. The highest BCUT2D eigenvalue weighted by atomic mass is 35.5. The maximum absolute atomic E-state index is 12.9. The summed E-state index contributed by atoms with van der Waals surface area (Å²) >= 11 is 5.96. The maximum atomic E-state index is 12.9. The molecule has 0 aliphatic rings. The van der Waals surface area contributed by atoms with Crippen molar-refractivity contribution in [3.63, 3.8) is 0 Å². The Bertz CT molecular complexity index is 741. The summed E-state index contributed by atoms with van der Waals surface area (Å²) in [6, 6.07) is 11.0. The molecule has 1 atom stereocenters. The Hall–Kier alpha value is -2.20. The van der Waals surface area contributed by atoms with Crippen LogP contribution in [0.3, 0.4) is 0 Å². The normalized spacial score (nSPS) is 12.0. The third kappa shape index (κ3) is 4.45. The van der Waals surface area contributed by atoms with E-state index < -0.39 is 0 Å². The molecule has 1 amide bonds. The monoisotopic (exact) mass is 361 g/mol. The van der Waals surface area contributed by atoms with Crippen molar-refractivity contribution in [1.82, 2.24) is 0 Å². The van der Waals surface area contributed by atoms with Crippen LogP contribution in [0.15, 0.2) is 36.4 Å². The van der Waals surface area contributed by atoms with Crippen LogP contribution >= 0.6 is 11.6 Å². The first-order chi connectivity index (χ1) is 11.9. The van der Waals surface area contributed by atoms with Crippen LogP contribution in [0.25, 0.3) is 0 Å². The molecule has 1 N–H and O–H groups in total. The first kappa shape index (κ1) is 19.1. The lowest BCUT2D eigenvalue weighted by atomic mass is 9.87. The largest absolute Gasteiger partial charge is 0.493 e. The smallest absolute Gasteiger partial charge is 0.232 e. The molecule has 0 saturated carbocycles. The first-order valence-corrected chi connectivity index (χ1v) is 8.54. The number of halogens is 1. The van der Waals surface area contributed by atoms with Gasteiger partial charge in [-0.1, -0.05) is 37.6 Å². The predicted molar refractivity (Wildman–Crippen MR) is 102 cm³/mol. The van der Waals surface area contributed by atoms with E-state index in [0.29, 0.717) is 22.2 Å². The number of aryl methyl sites for hydroxylation is 1. The zero-order chi connectivity index (χ0) is 18.6. The van der Waals surface area contributed by atoms with Crippen LogP contribution in [-0.4, -0.2) is 20.1 Å². The van der Waals surface area contributed by atoms with Crippen molar-refractivity contribution in [3.8, 4) is 11.5 Å². The number of ether oxygens (including phenoxy) is 2. The second-order valence-electron chi connectivity index (χ2n) is 6.28. The molecule has 25 heavy (non-hydrogen) atoms. The number of amides is 1. The van der Waals surface area contributed by atoms with Crippen LogP contribution in [0.1, 0.15) is 30.9 Å². The molecule has 0 fully saturated rings. The Labute approximate surface area is 154 Å². The van der Waals surface area contributed by atoms with Crippen molar-refractivity contribution < 1.29 is 14.3 Å². The van der Waals surface area contributed by atoms with Gasteiger partial charge >= 0.3 is 0 Å². The number of anilines is 1. The van der Waals surface area contributed by atoms with Gasteiger partial charge in [-0.15, -0.1) is 0 Å². The Morgan fingerprint density at radius 2 is 1.60 bits per heavy atom. The summed E-state index contributed by atoms with van der Waals surface area (Å²) in [5, 5.41) is 3.68. The molecule has 2 aromatic rings. The molecule has 134 valence electrons. The van der Waals surface area contributed by atoms with E-state index in [1.54, 1.807) is 32.4 Å². The molecule has 4 nitrogen and oxygen atoms in total. The minimum absolute atomic E-state index is 0.0624. The molecule has 2 aromatic carbocycles. The van der Waals surface area contributed by atoms with Crippen LogP contribution in [0, 0.1) is 12.8 Å². The number of carbonyl (C=O) groups excluding carboxylic acids is 1. The van der Waals surface area contributed by atoms with Gasteiger partial charge in [0, 0.05) is 16.8 Å². The molecule has 0 aliphatic heterocycles. The summed E-state index contributed by atoms with van der Waals surface area (Å²) in [5.41, 5.74) is 2.56. The Morgan fingerprint density at radius 3 is 2.12 bits per heavy atom. The predicted octanol–water partition coefficient (Wildman–Crippen LogP) is 5.04. The Balaban J connectivity index is 2.31. The van der Waals surface area contributed by atoms with Gasteiger partial charge in [-0.2, -0.15) is 0 Å². The molecule has 0 bridgehead atoms. The van der Waals surface area contributed by atoms with Crippen LogP contribution in [0.4, 0.5) is 5.69 Å². The van der Waals surface area contributed by atoms with Crippen molar-refractivity contribution in [3.05, 3.63) is 52.5 Å². The van der Waals surface area contributed by atoms with Crippen molar-refractivity contribution in [2.75, 3.05) is 19.5 Å². The third-order valence-corrected chi connectivity index (χ3v) is 4.42. The molecule has 0 unspecified atom stereocenters. The molecule has 0 aromatic heterocycles. The molecule has 0 radical (unpaired) electrons. The molecule has 5 heteroatoms. The Kier molecular flexibility index (Phi) is 6.32. The summed E-state index contributed by atoms with van der Waals surface area (Å²) in [6.07, 6.45) is 0. The van der Waals surface area contributed by atoms with Crippen molar-refractivity contribution in [2.45, 2.75) is 26.7 Å². The fraction of sp³-hybridized carbons (Fsp3) is 0.350. The van der Waals surface area contributed by atoms with E-state index >= 15 is 0 Å². The molecular weight excluding hydrogens is 338 g/mol. The van der Waals surface area contributed by atoms with E-state index in [4.69, 9.17) is 21.1 Å². The number of benzene rings is 2. The van der Waals surface area contributed by atoms with Gasteiger partial charge in [-0.05, 0) is 42.2 Å². The molecule has 0 aliphatic carbocycles. The van der Waals surface area contributed by atoms with E-state index in [9.17, 15) is 4.79 Å². The number of carbonyl (C=O) groups is 1. The molecule has 0 spiro atoms. The second kappa shape index (κ2) is 8.26. The fourth-order valence-corrected chi connectivity index (χ4v) is 2.96. The van der Waals surface area contributed by atoms with E-state index in [1.807, 2.05) is 39.0 Å². The van der Waals surface area contributed by atoms with Gasteiger partial charge in [0.25, 0.3) is 0 Å². The number of rotatable bonds is 6. The summed E-state index contributed by atoms with van der Waals surface area (Å²) in [5.74, 6) is 1.02. The fourth-order valence-electron chi connectivity index (χ4n) is 2.83. The van der Waals surface area contributed by atoms with Crippen LogP contribution < -0.4 is 14.8 Å². The maximum Gasteiger partial charge on any atom is 0.232 e. The standard InChI is InChI=1S/C20H24ClNO3/c1-12(2)19(14-6-8-15(21)9-7-14)20(23)22-16-11-18(25-5)17(24-4)10-13(16)3/h6-12,19H,1-5H3,(H,22,23)/t19-/m0/s1. The lowest BCUT2D eigenvalue weighted by Gasteiger charge is -2.22. The summed E-state index contributed by atoms with van der Waals surface area (Å²) in [7, 11) is 3.16. The van der Waals surface area contributed by atoms with Crippen molar-refractivity contribution >= 4 is 23.2 Å². The molecule has 0 saturated heterocycles. The van der Waals surface area contributed by atoms with E-state index in [2.05, 4.69) is 5.32 Å². The van der Waals surface area contributed by atoms with Crippen molar-refractivity contribution in [1.29, 1.82) is 0 Å². The average molecular weight is 362 g/mol. The van der Waals surface area contributed by atoms with Crippen LogP contribution in [-0.2, 0) is 4.79 Å². The molecular formula is C20H24ClNO3. The molecule has 2 rings (SSSR count). The zero-order valence-electron chi connectivity index (χ0n) is 15.2. The summed E-state index contributed by atoms with van der Waals surface area (Å²) < 4.78 is 10.6. The lowest BCUT2D eigenvalue weighted by Crippen LogP contribution is -2.25. The van der Waals surface area contributed by atoms with E-state index in [-0.39, 0.29) is 17.7 Å². The highest BCUT2D eigenvalue weighted by Crippen LogP contribution is 2.34.